The van der Waals surface area contributed by atoms with Gasteiger partial charge < -0.3 is 19.7 Å². The lowest BCUT2D eigenvalue weighted by molar-refractivity contribution is 0.0671. The molecule has 0 fully saturated rings. The topological polar surface area (TPSA) is 90.9 Å². The van der Waals surface area contributed by atoms with Gasteiger partial charge in [0.1, 0.15) is 17.6 Å². The first-order valence-electron chi connectivity index (χ1n) is 4.75. The van der Waals surface area contributed by atoms with Gasteiger partial charge in [0.05, 0.1) is 11.7 Å². The van der Waals surface area contributed by atoms with Crippen molar-refractivity contribution in [2.75, 3.05) is 0 Å². The van der Waals surface area contributed by atoms with Crippen LogP contribution in [0.5, 0.6) is 5.75 Å². The Hall–Kier alpha value is -1.33. The van der Waals surface area contributed by atoms with Crippen LogP contribution >= 0.6 is 0 Å². The number of aryl methyl sites for hydroxylation is 1. The van der Waals surface area contributed by atoms with E-state index in [1.54, 1.807) is 0 Å². The van der Waals surface area contributed by atoms with Gasteiger partial charge in [0.15, 0.2) is 0 Å². The lowest BCUT2D eigenvalue weighted by atomic mass is 9.92. The number of fused-ring (bicyclic) bond motifs is 1. The smallest absolute Gasteiger partial charge is 0.232 e. The van der Waals surface area contributed by atoms with E-state index in [0.717, 1.165) is 0 Å². The molecule has 0 spiro atoms. The Morgan fingerprint density at radius 1 is 1.27 bits per heavy atom. The number of aliphatic hydroxyl groups excluding tert-OH is 2. The summed E-state index contributed by atoms with van der Waals surface area (Å²) in [5.41, 5.74) is -0.670. The van der Waals surface area contributed by atoms with Gasteiger partial charge in [-0.15, -0.1) is 0 Å². The van der Waals surface area contributed by atoms with Crippen LogP contribution in [-0.2, 0) is 0 Å². The molecule has 0 aromatic carbocycles. The first-order chi connectivity index (χ1) is 7.02. The molecule has 1 aromatic heterocycles. The molecule has 5 heteroatoms. The van der Waals surface area contributed by atoms with Gasteiger partial charge in [-0.2, -0.15) is 0 Å². The Morgan fingerprint density at radius 3 is 2.53 bits per heavy atom. The summed E-state index contributed by atoms with van der Waals surface area (Å²) in [5.74, 6) is -0.358. The van der Waals surface area contributed by atoms with E-state index in [-0.39, 0.29) is 17.1 Å². The minimum Gasteiger partial charge on any atom is -0.502 e. The van der Waals surface area contributed by atoms with Gasteiger partial charge in [-0.3, -0.25) is 4.79 Å². The average Bonchev–Trinajstić information content (AvgIpc) is 2.20. The molecule has 0 saturated heterocycles. The zero-order valence-corrected chi connectivity index (χ0v) is 8.23. The van der Waals surface area contributed by atoms with E-state index in [0.29, 0.717) is 12.8 Å². The zero-order chi connectivity index (χ0) is 11.2. The molecule has 0 amide bonds. The maximum atomic E-state index is 11.6. The third-order valence-corrected chi connectivity index (χ3v) is 2.67. The molecule has 0 radical (unpaired) electrons. The molecule has 15 heavy (non-hydrogen) atoms. The third kappa shape index (κ3) is 1.44. The van der Waals surface area contributed by atoms with Gasteiger partial charge in [-0.25, -0.2) is 0 Å². The maximum Gasteiger partial charge on any atom is 0.232 e. The minimum atomic E-state index is -0.967. The van der Waals surface area contributed by atoms with Crippen LogP contribution in [-0.4, -0.2) is 15.3 Å². The molecule has 0 saturated carbocycles. The molecule has 1 aromatic rings. The second-order valence-corrected chi connectivity index (χ2v) is 3.72. The molecule has 2 rings (SSSR count). The average molecular weight is 212 g/mol. The molecule has 1 aliphatic rings. The molecule has 0 bridgehead atoms. The van der Waals surface area contributed by atoms with Crippen molar-refractivity contribution in [3.05, 3.63) is 27.3 Å². The Labute approximate surface area is 85.6 Å². The summed E-state index contributed by atoms with van der Waals surface area (Å²) < 4.78 is 5.13. The highest BCUT2D eigenvalue weighted by molar-refractivity contribution is 5.34. The number of rotatable bonds is 0. The van der Waals surface area contributed by atoms with Crippen molar-refractivity contribution in [2.24, 2.45) is 0 Å². The Balaban J connectivity index is 2.74. The summed E-state index contributed by atoms with van der Waals surface area (Å²) in [6.07, 6.45) is -1.20. The van der Waals surface area contributed by atoms with Gasteiger partial charge in [0.25, 0.3) is 0 Å². The highest BCUT2D eigenvalue weighted by atomic mass is 16.4. The third-order valence-electron chi connectivity index (χ3n) is 2.67. The van der Waals surface area contributed by atoms with Gasteiger partial charge in [0.2, 0.25) is 11.2 Å². The van der Waals surface area contributed by atoms with Crippen molar-refractivity contribution >= 4 is 0 Å². The van der Waals surface area contributed by atoms with Crippen molar-refractivity contribution in [3.8, 4) is 5.75 Å². The van der Waals surface area contributed by atoms with E-state index in [1.165, 1.54) is 6.92 Å². The quantitative estimate of drug-likeness (QED) is 0.583. The lowest BCUT2D eigenvalue weighted by Crippen LogP contribution is -2.23. The molecule has 82 valence electrons. The fourth-order valence-corrected chi connectivity index (χ4v) is 1.82. The second kappa shape index (κ2) is 3.36. The van der Waals surface area contributed by atoms with Crippen molar-refractivity contribution in [2.45, 2.75) is 32.0 Å². The van der Waals surface area contributed by atoms with Gasteiger partial charge >= 0.3 is 0 Å². The summed E-state index contributed by atoms with van der Waals surface area (Å²) in [6.45, 7) is 1.44. The molecule has 2 unspecified atom stereocenters. The molecular formula is C10H12O5. The summed E-state index contributed by atoms with van der Waals surface area (Å²) in [7, 11) is 0. The van der Waals surface area contributed by atoms with Crippen LogP contribution in [0.2, 0.25) is 0 Å². The molecule has 3 N–H and O–H groups in total. The second-order valence-electron chi connectivity index (χ2n) is 3.72. The predicted octanol–water partition coefficient (Wildman–Crippen LogP) is 0.514. The maximum absolute atomic E-state index is 11.6. The van der Waals surface area contributed by atoms with Crippen LogP contribution in [0.3, 0.4) is 0 Å². The van der Waals surface area contributed by atoms with Crippen molar-refractivity contribution in [1.82, 2.24) is 0 Å². The van der Waals surface area contributed by atoms with Gasteiger partial charge in [-0.05, 0) is 19.8 Å². The first-order valence-corrected chi connectivity index (χ1v) is 4.75. The summed E-state index contributed by atoms with van der Waals surface area (Å²) in [5, 5.41) is 28.6. The Kier molecular flexibility index (Phi) is 2.28. The number of aromatic hydroxyl groups is 1. The van der Waals surface area contributed by atoms with Crippen molar-refractivity contribution in [3.63, 3.8) is 0 Å². The van der Waals surface area contributed by atoms with E-state index in [4.69, 9.17) is 4.42 Å². The van der Waals surface area contributed by atoms with Crippen molar-refractivity contribution < 1.29 is 19.7 Å². The molecule has 5 nitrogen and oxygen atoms in total. The van der Waals surface area contributed by atoms with Gasteiger partial charge in [-0.1, -0.05) is 0 Å². The Bertz CT molecular complexity index is 448. The van der Waals surface area contributed by atoms with E-state index in [2.05, 4.69) is 0 Å². The predicted molar refractivity (Wildman–Crippen MR) is 50.5 cm³/mol. The largest absolute Gasteiger partial charge is 0.502 e. The minimum absolute atomic E-state index is 0.0168. The first kappa shape index (κ1) is 10.2. The van der Waals surface area contributed by atoms with Gasteiger partial charge in [0, 0.05) is 0 Å². The van der Waals surface area contributed by atoms with E-state index >= 15 is 0 Å². The molecule has 0 aliphatic heterocycles. The fourth-order valence-electron chi connectivity index (χ4n) is 1.82. The fraction of sp³-hybridized carbons (Fsp3) is 0.500. The van der Waals surface area contributed by atoms with E-state index < -0.39 is 23.4 Å². The summed E-state index contributed by atoms with van der Waals surface area (Å²) >= 11 is 0. The highest BCUT2D eigenvalue weighted by Crippen LogP contribution is 2.35. The van der Waals surface area contributed by atoms with Crippen LogP contribution in [0.25, 0.3) is 0 Å². The normalized spacial score (nSPS) is 25.0. The zero-order valence-electron chi connectivity index (χ0n) is 8.23. The standard InChI is InChI=1S/C10H12O5/c1-4-8(13)9(14)7-5(11)2-3-6(12)10(7)15-4/h5-6,11-13H,2-3H2,1H3. The Morgan fingerprint density at radius 2 is 1.87 bits per heavy atom. The van der Waals surface area contributed by atoms with Crippen LogP contribution in [0, 0.1) is 6.92 Å². The molecular weight excluding hydrogens is 200 g/mol. The number of aliphatic hydroxyl groups is 2. The summed E-state index contributed by atoms with van der Waals surface area (Å²) in [4.78, 5) is 11.6. The lowest BCUT2D eigenvalue weighted by Gasteiger charge is -2.23. The van der Waals surface area contributed by atoms with E-state index in [1.807, 2.05) is 0 Å². The molecule has 1 aliphatic carbocycles. The summed E-state index contributed by atoms with van der Waals surface area (Å²) in [6, 6.07) is 0. The number of hydrogen-bond donors (Lipinski definition) is 3. The van der Waals surface area contributed by atoms with Crippen LogP contribution in [0.4, 0.5) is 0 Å². The van der Waals surface area contributed by atoms with Crippen LogP contribution in [0.1, 0.15) is 42.1 Å². The highest BCUT2D eigenvalue weighted by Gasteiger charge is 2.31. The molecule has 1 heterocycles. The SMILES string of the molecule is Cc1oc2c(c(=O)c1O)C(O)CCC2O. The van der Waals surface area contributed by atoms with Crippen LogP contribution < -0.4 is 5.43 Å². The number of hydrogen-bond acceptors (Lipinski definition) is 5. The van der Waals surface area contributed by atoms with Crippen LogP contribution in [0.15, 0.2) is 9.21 Å². The van der Waals surface area contributed by atoms with E-state index in [9.17, 15) is 20.1 Å². The van der Waals surface area contributed by atoms with Crippen molar-refractivity contribution in [1.29, 1.82) is 0 Å². The monoisotopic (exact) mass is 212 g/mol. The molecule has 2 atom stereocenters.